The summed E-state index contributed by atoms with van der Waals surface area (Å²) in [6.07, 6.45) is 2.53. The van der Waals surface area contributed by atoms with Gasteiger partial charge < -0.3 is 15.0 Å². The second-order valence-corrected chi connectivity index (χ2v) is 4.61. The van der Waals surface area contributed by atoms with Crippen molar-refractivity contribution in [2.24, 2.45) is 0 Å². The van der Waals surface area contributed by atoms with Crippen LogP contribution in [0.4, 0.5) is 11.6 Å². The molecule has 0 unspecified atom stereocenters. The maximum atomic E-state index is 5.39. The van der Waals surface area contributed by atoms with E-state index in [0.29, 0.717) is 6.10 Å². The average Bonchev–Trinajstić information content (AvgIpc) is 2.38. The minimum absolute atomic E-state index is 0.400. The molecule has 2 rings (SSSR count). The minimum Gasteiger partial charge on any atom is -0.381 e. The molecule has 0 aromatic carbocycles. The molecule has 0 aliphatic carbocycles. The molecule has 0 amide bonds. The fraction of sp³-hybridized carbons (Fsp3) is 0.692. The van der Waals surface area contributed by atoms with E-state index in [-0.39, 0.29) is 0 Å². The van der Waals surface area contributed by atoms with Crippen LogP contribution in [0.3, 0.4) is 0 Å². The molecule has 1 N–H and O–H groups in total. The zero-order valence-electron chi connectivity index (χ0n) is 11.4. The van der Waals surface area contributed by atoms with E-state index in [2.05, 4.69) is 27.1 Å². The van der Waals surface area contributed by atoms with Gasteiger partial charge in [-0.15, -0.1) is 0 Å². The summed E-state index contributed by atoms with van der Waals surface area (Å²) in [5.74, 6) is 2.75. The number of nitrogens with one attached hydrogen (secondary N) is 1. The van der Waals surface area contributed by atoms with Crippen molar-refractivity contribution in [3.63, 3.8) is 0 Å². The first kappa shape index (κ1) is 13.1. The summed E-state index contributed by atoms with van der Waals surface area (Å²) in [7, 11) is 1.79. The number of hydrogen-bond acceptors (Lipinski definition) is 5. The standard InChI is InChI=1S/C13H22N4O/c1-4-14-12-9-13(16-10(2)15-12)17-7-5-11(18-3)6-8-17/h9,11H,4-8H2,1-3H3,(H,14,15,16). The summed E-state index contributed by atoms with van der Waals surface area (Å²) in [6, 6.07) is 2.03. The van der Waals surface area contributed by atoms with Crippen LogP contribution in [0, 0.1) is 6.92 Å². The van der Waals surface area contributed by atoms with Crippen LogP contribution in [0.25, 0.3) is 0 Å². The van der Waals surface area contributed by atoms with Gasteiger partial charge in [0.25, 0.3) is 0 Å². The second-order valence-electron chi connectivity index (χ2n) is 4.61. The van der Waals surface area contributed by atoms with Crippen molar-refractivity contribution in [1.29, 1.82) is 0 Å². The summed E-state index contributed by atoms with van der Waals surface area (Å²) in [5.41, 5.74) is 0. The smallest absolute Gasteiger partial charge is 0.134 e. The van der Waals surface area contributed by atoms with E-state index < -0.39 is 0 Å². The predicted octanol–water partition coefficient (Wildman–Crippen LogP) is 1.83. The lowest BCUT2D eigenvalue weighted by Crippen LogP contribution is -2.37. The van der Waals surface area contributed by atoms with Crippen molar-refractivity contribution in [1.82, 2.24) is 9.97 Å². The van der Waals surface area contributed by atoms with Crippen molar-refractivity contribution in [3.05, 3.63) is 11.9 Å². The molecule has 1 aliphatic rings. The van der Waals surface area contributed by atoms with E-state index in [9.17, 15) is 0 Å². The van der Waals surface area contributed by atoms with E-state index >= 15 is 0 Å². The van der Waals surface area contributed by atoms with Crippen LogP contribution in [-0.2, 0) is 4.74 Å². The monoisotopic (exact) mass is 250 g/mol. The van der Waals surface area contributed by atoms with E-state index in [0.717, 1.165) is 49.9 Å². The summed E-state index contributed by atoms with van der Waals surface area (Å²) < 4.78 is 5.39. The van der Waals surface area contributed by atoms with Crippen LogP contribution >= 0.6 is 0 Å². The average molecular weight is 250 g/mol. The van der Waals surface area contributed by atoms with E-state index in [1.165, 1.54) is 0 Å². The van der Waals surface area contributed by atoms with Gasteiger partial charge in [0.05, 0.1) is 6.10 Å². The van der Waals surface area contributed by atoms with Crippen LogP contribution in [0.5, 0.6) is 0 Å². The van der Waals surface area contributed by atoms with E-state index in [1.54, 1.807) is 7.11 Å². The number of piperidine rings is 1. The van der Waals surface area contributed by atoms with Gasteiger partial charge in [0, 0.05) is 32.8 Å². The Labute approximate surface area is 109 Å². The number of hydrogen-bond donors (Lipinski definition) is 1. The number of anilines is 2. The Kier molecular flexibility index (Phi) is 4.36. The molecule has 0 spiro atoms. The Hall–Kier alpha value is -1.36. The van der Waals surface area contributed by atoms with Crippen molar-refractivity contribution in [2.75, 3.05) is 37.0 Å². The fourth-order valence-electron chi connectivity index (χ4n) is 2.31. The largest absolute Gasteiger partial charge is 0.381 e. The number of methoxy groups -OCH3 is 1. The Morgan fingerprint density at radius 1 is 1.39 bits per heavy atom. The highest BCUT2D eigenvalue weighted by Gasteiger charge is 2.20. The quantitative estimate of drug-likeness (QED) is 0.883. The number of nitrogens with zero attached hydrogens (tertiary/aromatic N) is 3. The Balaban J connectivity index is 2.08. The lowest BCUT2D eigenvalue weighted by Gasteiger charge is -2.32. The molecule has 1 aliphatic heterocycles. The molecule has 0 bridgehead atoms. The zero-order valence-corrected chi connectivity index (χ0v) is 11.4. The number of aryl methyl sites for hydroxylation is 1. The zero-order chi connectivity index (χ0) is 13.0. The third kappa shape index (κ3) is 3.10. The van der Waals surface area contributed by atoms with Crippen molar-refractivity contribution in [3.8, 4) is 0 Å². The molecule has 1 aromatic rings. The SMILES string of the molecule is CCNc1cc(N2CCC(OC)CC2)nc(C)n1. The first-order valence-corrected chi connectivity index (χ1v) is 6.60. The lowest BCUT2D eigenvalue weighted by atomic mass is 10.1. The maximum absolute atomic E-state index is 5.39. The summed E-state index contributed by atoms with van der Waals surface area (Å²) in [6.45, 7) is 6.89. The normalized spacial score (nSPS) is 16.9. The molecule has 5 heteroatoms. The first-order chi connectivity index (χ1) is 8.72. The molecule has 5 nitrogen and oxygen atoms in total. The lowest BCUT2D eigenvalue weighted by molar-refractivity contribution is 0.0818. The molecule has 0 atom stereocenters. The van der Waals surface area contributed by atoms with Crippen molar-refractivity contribution in [2.45, 2.75) is 32.8 Å². The van der Waals surface area contributed by atoms with Crippen molar-refractivity contribution >= 4 is 11.6 Å². The highest BCUT2D eigenvalue weighted by Crippen LogP contribution is 2.21. The van der Waals surface area contributed by atoms with Gasteiger partial charge in [-0.1, -0.05) is 0 Å². The molecule has 0 saturated carbocycles. The molecular weight excluding hydrogens is 228 g/mol. The Bertz CT molecular complexity index is 389. The van der Waals surface area contributed by atoms with Crippen molar-refractivity contribution < 1.29 is 4.74 Å². The van der Waals surface area contributed by atoms with Gasteiger partial charge in [-0.25, -0.2) is 9.97 Å². The minimum atomic E-state index is 0.400. The number of aromatic nitrogens is 2. The van der Waals surface area contributed by atoms with Gasteiger partial charge in [-0.3, -0.25) is 0 Å². The third-order valence-corrected chi connectivity index (χ3v) is 3.28. The highest BCUT2D eigenvalue weighted by molar-refractivity contribution is 5.49. The molecule has 1 saturated heterocycles. The van der Waals surface area contributed by atoms with Crippen LogP contribution in [0.2, 0.25) is 0 Å². The van der Waals surface area contributed by atoms with E-state index in [4.69, 9.17) is 4.74 Å². The molecule has 1 fully saturated rings. The molecule has 18 heavy (non-hydrogen) atoms. The fourth-order valence-corrected chi connectivity index (χ4v) is 2.31. The molecule has 1 aromatic heterocycles. The predicted molar refractivity (Wildman–Crippen MR) is 73.2 cm³/mol. The topological polar surface area (TPSA) is 50.3 Å². The van der Waals surface area contributed by atoms with Gasteiger partial charge in [0.15, 0.2) is 0 Å². The summed E-state index contributed by atoms with van der Waals surface area (Å²) in [4.78, 5) is 11.2. The highest BCUT2D eigenvalue weighted by atomic mass is 16.5. The van der Waals surface area contributed by atoms with Gasteiger partial charge in [0.1, 0.15) is 17.5 Å². The van der Waals surface area contributed by atoms with Gasteiger partial charge in [-0.2, -0.15) is 0 Å². The van der Waals surface area contributed by atoms with Gasteiger partial charge in [-0.05, 0) is 26.7 Å². The van der Waals surface area contributed by atoms with Gasteiger partial charge in [0.2, 0.25) is 0 Å². The molecule has 2 heterocycles. The van der Waals surface area contributed by atoms with Crippen LogP contribution < -0.4 is 10.2 Å². The van der Waals surface area contributed by atoms with Crippen LogP contribution in [0.1, 0.15) is 25.6 Å². The molecule has 0 radical (unpaired) electrons. The molecule has 100 valence electrons. The first-order valence-electron chi connectivity index (χ1n) is 6.60. The van der Waals surface area contributed by atoms with Crippen LogP contribution in [0.15, 0.2) is 6.07 Å². The Morgan fingerprint density at radius 3 is 2.72 bits per heavy atom. The van der Waals surface area contributed by atoms with E-state index in [1.807, 2.05) is 13.0 Å². The summed E-state index contributed by atoms with van der Waals surface area (Å²) in [5, 5.41) is 3.25. The Morgan fingerprint density at radius 2 is 2.11 bits per heavy atom. The third-order valence-electron chi connectivity index (χ3n) is 3.28. The maximum Gasteiger partial charge on any atom is 0.134 e. The second kappa shape index (κ2) is 6.00. The molecular formula is C13H22N4O. The van der Waals surface area contributed by atoms with Gasteiger partial charge >= 0.3 is 0 Å². The number of ether oxygens (including phenoxy) is 1. The van der Waals surface area contributed by atoms with Crippen LogP contribution in [-0.4, -0.2) is 42.8 Å². The number of rotatable bonds is 4. The summed E-state index contributed by atoms with van der Waals surface area (Å²) >= 11 is 0.